The van der Waals surface area contributed by atoms with Gasteiger partial charge >= 0.3 is 12.6 Å². The third-order valence-corrected chi connectivity index (χ3v) is 3.57. The molecular weight excluding hydrogens is 344 g/mol. The lowest BCUT2D eigenvalue weighted by Gasteiger charge is -2.14. The average molecular weight is 365 g/mol. The van der Waals surface area contributed by atoms with Gasteiger partial charge in [-0.15, -0.1) is 0 Å². The standard InChI is InChI=1S/C19H21F2NO4/c1-2-9-25-16-8-7-15(17(10-16)26-19(20)21)12-22-11-13-3-5-14(6-4-13)18(23)24/h3-8,10,19,22H,2,9,11-12H2,1H3,(H,23,24). The van der Waals surface area contributed by atoms with Gasteiger partial charge in [0.15, 0.2) is 0 Å². The highest BCUT2D eigenvalue weighted by atomic mass is 19.3. The molecule has 5 nitrogen and oxygen atoms in total. The van der Waals surface area contributed by atoms with E-state index in [-0.39, 0.29) is 11.3 Å². The summed E-state index contributed by atoms with van der Waals surface area (Å²) in [6.07, 6.45) is 0.814. The number of benzene rings is 2. The van der Waals surface area contributed by atoms with Gasteiger partial charge in [0.2, 0.25) is 0 Å². The molecule has 0 saturated carbocycles. The zero-order valence-electron chi connectivity index (χ0n) is 14.4. The molecule has 0 radical (unpaired) electrons. The number of aromatic carboxylic acids is 1. The second-order valence-corrected chi connectivity index (χ2v) is 5.60. The Morgan fingerprint density at radius 2 is 1.88 bits per heavy atom. The molecule has 2 N–H and O–H groups in total. The molecule has 0 aliphatic heterocycles. The molecule has 0 aliphatic rings. The molecule has 2 aromatic rings. The van der Waals surface area contributed by atoms with Crippen LogP contribution in [0.1, 0.15) is 34.8 Å². The molecule has 0 unspecified atom stereocenters. The molecule has 0 bridgehead atoms. The monoisotopic (exact) mass is 365 g/mol. The van der Waals surface area contributed by atoms with E-state index in [0.29, 0.717) is 31.0 Å². The fraction of sp³-hybridized carbons (Fsp3) is 0.316. The Bertz CT molecular complexity index is 720. The van der Waals surface area contributed by atoms with Crippen LogP contribution in [0.2, 0.25) is 0 Å². The van der Waals surface area contributed by atoms with Crippen LogP contribution in [0, 0.1) is 0 Å². The lowest BCUT2D eigenvalue weighted by Crippen LogP contribution is -2.15. The van der Waals surface area contributed by atoms with Crippen LogP contribution in [0.5, 0.6) is 11.5 Å². The molecule has 140 valence electrons. The first-order valence-electron chi connectivity index (χ1n) is 8.23. The van der Waals surface area contributed by atoms with Gasteiger partial charge in [-0.1, -0.05) is 25.1 Å². The van der Waals surface area contributed by atoms with Gasteiger partial charge in [0, 0.05) is 24.7 Å². The summed E-state index contributed by atoms with van der Waals surface area (Å²) in [7, 11) is 0. The number of carboxylic acids is 1. The summed E-state index contributed by atoms with van der Waals surface area (Å²) in [4.78, 5) is 10.8. The number of nitrogens with one attached hydrogen (secondary N) is 1. The molecule has 0 amide bonds. The van der Waals surface area contributed by atoms with Gasteiger partial charge in [0.05, 0.1) is 12.2 Å². The van der Waals surface area contributed by atoms with Crippen LogP contribution in [0.25, 0.3) is 0 Å². The Labute approximate surface area is 150 Å². The van der Waals surface area contributed by atoms with E-state index in [9.17, 15) is 13.6 Å². The van der Waals surface area contributed by atoms with Crippen molar-refractivity contribution < 1.29 is 28.2 Å². The van der Waals surface area contributed by atoms with Crippen molar-refractivity contribution in [3.63, 3.8) is 0 Å². The van der Waals surface area contributed by atoms with Crippen molar-refractivity contribution in [1.29, 1.82) is 0 Å². The lowest BCUT2D eigenvalue weighted by molar-refractivity contribution is -0.0506. The molecule has 0 spiro atoms. The van der Waals surface area contributed by atoms with Gasteiger partial charge in [-0.3, -0.25) is 0 Å². The van der Waals surface area contributed by atoms with Crippen molar-refractivity contribution in [1.82, 2.24) is 5.32 Å². The second-order valence-electron chi connectivity index (χ2n) is 5.60. The highest BCUT2D eigenvalue weighted by molar-refractivity contribution is 5.87. The van der Waals surface area contributed by atoms with Crippen LogP contribution in [0.4, 0.5) is 8.78 Å². The minimum atomic E-state index is -2.92. The van der Waals surface area contributed by atoms with E-state index >= 15 is 0 Å². The van der Waals surface area contributed by atoms with E-state index in [4.69, 9.17) is 9.84 Å². The van der Waals surface area contributed by atoms with E-state index < -0.39 is 12.6 Å². The highest BCUT2D eigenvalue weighted by Gasteiger charge is 2.11. The van der Waals surface area contributed by atoms with E-state index in [1.165, 1.54) is 18.2 Å². The van der Waals surface area contributed by atoms with Crippen molar-refractivity contribution in [3.05, 3.63) is 59.2 Å². The van der Waals surface area contributed by atoms with Crippen molar-refractivity contribution in [3.8, 4) is 11.5 Å². The third kappa shape index (κ3) is 6.00. The number of hydrogen-bond donors (Lipinski definition) is 2. The number of carbonyl (C=O) groups is 1. The molecule has 26 heavy (non-hydrogen) atoms. The summed E-state index contributed by atoms with van der Waals surface area (Å²) >= 11 is 0. The Hall–Kier alpha value is -2.67. The molecule has 0 saturated heterocycles. The number of hydrogen-bond acceptors (Lipinski definition) is 4. The summed E-state index contributed by atoms with van der Waals surface area (Å²) in [6, 6.07) is 11.3. The van der Waals surface area contributed by atoms with Crippen molar-refractivity contribution >= 4 is 5.97 Å². The predicted octanol–water partition coefficient (Wildman–Crippen LogP) is 4.06. The minimum Gasteiger partial charge on any atom is -0.493 e. The number of halogens is 2. The molecule has 0 fully saturated rings. The molecule has 2 aromatic carbocycles. The molecule has 7 heteroatoms. The summed E-state index contributed by atoms with van der Waals surface area (Å²) in [5.41, 5.74) is 1.68. The Morgan fingerprint density at radius 3 is 2.50 bits per heavy atom. The van der Waals surface area contributed by atoms with Crippen molar-refractivity contribution in [2.24, 2.45) is 0 Å². The van der Waals surface area contributed by atoms with E-state index in [2.05, 4.69) is 10.1 Å². The SMILES string of the molecule is CCCOc1ccc(CNCc2ccc(C(=O)O)cc2)c(OC(F)F)c1. The maximum Gasteiger partial charge on any atom is 0.387 e. The zero-order chi connectivity index (χ0) is 18.9. The molecule has 2 rings (SSSR count). The van der Waals surface area contributed by atoms with Crippen molar-refractivity contribution in [2.75, 3.05) is 6.61 Å². The van der Waals surface area contributed by atoms with Gasteiger partial charge in [-0.05, 0) is 30.2 Å². The van der Waals surface area contributed by atoms with Gasteiger partial charge < -0.3 is 19.9 Å². The first kappa shape index (κ1) is 19.7. The minimum absolute atomic E-state index is 0.0716. The summed E-state index contributed by atoms with van der Waals surface area (Å²) in [5, 5.41) is 12.0. The highest BCUT2D eigenvalue weighted by Crippen LogP contribution is 2.26. The normalized spacial score (nSPS) is 10.8. The fourth-order valence-electron chi connectivity index (χ4n) is 2.30. The number of ether oxygens (including phenoxy) is 2. The van der Waals surface area contributed by atoms with Crippen LogP contribution in [-0.4, -0.2) is 24.3 Å². The number of alkyl halides is 2. The van der Waals surface area contributed by atoms with Crippen LogP contribution < -0.4 is 14.8 Å². The maximum atomic E-state index is 12.6. The first-order valence-corrected chi connectivity index (χ1v) is 8.23. The summed E-state index contributed by atoms with van der Waals surface area (Å²) in [5.74, 6) is -0.429. The van der Waals surface area contributed by atoms with Gasteiger partial charge in [-0.25, -0.2) is 4.79 Å². The molecule has 0 aromatic heterocycles. The number of rotatable bonds is 10. The van der Waals surface area contributed by atoms with Gasteiger partial charge in [-0.2, -0.15) is 8.78 Å². The summed E-state index contributed by atoms with van der Waals surface area (Å²) < 4.78 is 35.3. The Kier molecular flexibility index (Phi) is 7.35. The first-order chi connectivity index (χ1) is 12.5. The van der Waals surface area contributed by atoms with E-state index in [1.807, 2.05) is 6.92 Å². The predicted molar refractivity (Wildman–Crippen MR) is 92.8 cm³/mol. The molecular formula is C19H21F2NO4. The Morgan fingerprint density at radius 1 is 1.15 bits per heavy atom. The van der Waals surface area contributed by atoms with Crippen LogP contribution in [0.3, 0.4) is 0 Å². The van der Waals surface area contributed by atoms with Gasteiger partial charge in [0.25, 0.3) is 0 Å². The summed E-state index contributed by atoms with van der Waals surface area (Å²) in [6.45, 7) is 0.313. The fourth-order valence-corrected chi connectivity index (χ4v) is 2.30. The largest absolute Gasteiger partial charge is 0.493 e. The maximum absolute atomic E-state index is 12.6. The average Bonchev–Trinajstić information content (AvgIpc) is 2.61. The van der Waals surface area contributed by atoms with Crippen LogP contribution >= 0.6 is 0 Å². The molecule has 0 atom stereocenters. The molecule has 0 heterocycles. The van der Waals surface area contributed by atoms with Crippen molar-refractivity contribution in [2.45, 2.75) is 33.0 Å². The van der Waals surface area contributed by atoms with E-state index in [1.54, 1.807) is 24.3 Å². The lowest BCUT2D eigenvalue weighted by atomic mass is 10.1. The van der Waals surface area contributed by atoms with E-state index in [0.717, 1.165) is 12.0 Å². The molecule has 0 aliphatic carbocycles. The van der Waals surface area contributed by atoms with Crippen LogP contribution in [-0.2, 0) is 13.1 Å². The van der Waals surface area contributed by atoms with Gasteiger partial charge in [0.1, 0.15) is 11.5 Å². The second kappa shape index (κ2) is 9.72. The quantitative estimate of drug-likeness (QED) is 0.664. The third-order valence-electron chi connectivity index (χ3n) is 3.57. The number of carboxylic acid groups (broad SMARTS) is 1. The Balaban J connectivity index is 1.99. The van der Waals surface area contributed by atoms with Crippen LogP contribution in [0.15, 0.2) is 42.5 Å². The topological polar surface area (TPSA) is 67.8 Å². The zero-order valence-corrected chi connectivity index (χ0v) is 14.4. The smallest absolute Gasteiger partial charge is 0.387 e.